The Bertz CT molecular complexity index is 391. The van der Waals surface area contributed by atoms with Crippen molar-refractivity contribution in [2.45, 2.75) is 12.8 Å². The van der Waals surface area contributed by atoms with E-state index < -0.39 is 5.97 Å². The average molecular weight is 254 g/mol. The maximum absolute atomic E-state index is 11.1. The minimum atomic E-state index is -0.698. The topological polar surface area (TPSA) is 49.3 Å². The number of carbonyl (C=O) groups is 1. The Labute approximate surface area is 106 Å². The first-order valence-corrected chi connectivity index (χ1v) is 6.22. The fourth-order valence-corrected chi connectivity index (χ4v) is 2.50. The summed E-state index contributed by atoms with van der Waals surface area (Å²) in [5, 5.41) is 13.0. The summed E-state index contributed by atoms with van der Waals surface area (Å²) < 4.78 is 0. The lowest BCUT2D eigenvalue weighted by atomic mass is 9.82. The van der Waals surface area contributed by atoms with Crippen molar-refractivity contribution in [3.8, 4) is 0 Å². The molecule has 1 aliphatic heterocycles. The van der Waals surface area contributed by atoms with Crippen LogP contribution in [-0.2, 0) is 11.2 Å². The molecule has 1 heterocycles. The summed E-state index contributed by atoms with van der Waals surface area (Å²) in [6, 6.07) is 7.66. The van der Waals surface area contributed by atoms with Crippen LogP contribution in [0.2, 0.25) is 5.02 Å². The van der Waals surface area contributed by atoms with Gasteiger partial charge < -0.3 is 10.4 Å². The van der Waals surface area contributed by atoms with E-state index in [1.165, 1.54) is 0 Å². The molecular formula is C13H16ClNO2. The van der Waals surface area contributed by atoms with Crippen LogP contribution in [0.3, 0.4) is 0 Å². The molecule has 2 atom stereocenters. The van der Waals surface area contributed by atoms with Gasteiger partial charge in [0.05, 0.1) is 5.92 Å². The van der Waals surface area contributed by atoms with Gasteiger partial charge in [0.1, 0.15) is 0 Å². The summed E-state index contributed by atoms with van der Waals surface area (Å²) in [6.07, 6.45) is 1.73. The molecule has 92 valence electrons. The molecule has 0 radical (unpaired) electrons. The second kappa shape index (κ2) is 5.52. The number of carboxylic acid groups (broad SMARTS) is 1. The molecule has 0 aromatic heterocycles. The number of hydrogen-bond acceptors (Lipinski definition) is 2. The van der Waals surface area contributed by atoms with E-state index in [1.54, 1.807) is 0 Å². The largest absolute Gasteiger partial charge is 0.481 e. The maximum Gasteiger partial charge on any atom is 0.308 e. The van der Waals surface area contributed by atoms with Crippen LogP contribution in [0.4, 0.5) is 0 Å². The standard InChI is InChI=1S/C13H16ClNO2/c14-11-3-1-9(2-4-11)7-10-5-6-15-8-12(10)13(16)17/h1-4,10,12,15H,5-8H2,(H,16,17). The van der Waals surface area contributed by atoms with Crippen LogP contribution >= 0.6 is 11.6 Å². The van der Waals surface area contributed by atoms with Gasteiger partial charge in [0.25, 0.3) is 0 Å². The molecule has 0 bridgehead atoms. The monoisotopic (exact) mass is 253 g/mol. The summed E-state index contributed by atoms with van der Waals surface area (Å²) in [7, 11) is 0. The summed E-state index contributed by atoms with van der Waals surface area (Å²) in [6.45, 7) is 1.48. The van der Waals surface area contributed by atoms with Crippen molar-refractivity contribution in [3.63, 3.8) is 0 Å². The van der Waals surface area contributed by atoms with Crippen LogP contribution in [0.25, 0.3) is 0 Å². The van der Waals surface area contributed by atoms with Crippen molar-refractivity contribution in [2.75, 3.05) is 13.1 Å². The van der Waals surface area contributed by atoms with Gasteiger partial charge in [-0.15, -0.1) is 0 Å². The van der Waals surface area contributed by atoms with Gasteiger partial charge in [-0.25, -0.2) is 0 Å². The van der Waals surface area contributed by atoms with Gasteiger partial charge in [-0.2, -0.15) is 0 Å². The Hall–Kier alpha value is -1.06. The van der Waals surface area contributed by atoms with E-state index in [0.29, 0.717) is 11.6 Å². The molecule has 2 unspecified atom stereocenters. The fourth-order valence-electron chi connectivity index (χ4n) is 2.37. The lowest BCUT2D eigenvalue weighted by molar-refractivity contribution is -0.144. The molecule has 0 amide bonds. The van der Waals surface area contributed by atoms with Crippen molar-refractivity contribution in [2.24, 2.45) is 11.8 Å². The summed E-state index contributed by atoms with van der Waals surface area (Å²) >= 11 is 5.83. The molecule has 0 aliphatic carbocycles. The second-order valence-electron chi connectivity index (χ2n) is 4.53. The molecule has 0 saturated carbocycles. The maximum atomic E-state index is 11.1. The zero-order valence-electron chi connectivity index (χ0n) is 9.53. The molecule has 1 saturated heterocycles. The van der Waals surface area contributed by atoms with Gasteiger partial charge in [0.15, 0.2) is 0 Å². The summed E-state index contributed by atoms with van der Waals surface area (Å²) in [5.74, 6) is -0.759. The number of hydrogen-bond donors (Lipinski definition) is 2. The van der Waals surface area contributed by atoms with Crippen molar-refractivity contribution in [3.05, 3.63) is 34.9 Å². The van der Waals surface area contributed by atoms with Gasteiger partial charge in [-0.3, -0.25) is 4.79 Å². The van der Waals surface area contributed by atoms with Crippen LogP contribution in [0.1, 0.15) is 12.0 Å². The SMILES string of the molecule is O=C(O)C1CNCCC1Cc1ccc(Cl)cc1. The molecule has 2 rings (SSSR count). The number of piperidine rings is 1. The van der Waals surface area contributed by atoms with Crippen LogP contribution in [0, 0.1) is 11.8 Å². The zero-order valence-corrected chi connectivity index (χ0v) is 10.3. The van der Waals surface area contributed by atoms with E-state index in [-0.39, 0.29) is 11.8 Å². The van der Waals surface area contributed by atoms with Gasteiger partial charge in [-0.05, 0) is 43.0 Å². The van der Waals surface area contributed by atoms with Crippen molar-refractivity contribution in [1.82, 2.24) is 5.32 Å². The first-order chi connectivity index (χ1) is 8.16. The molecule has 4 heteroatoms. The fraction of sp³-hybridized carbons (Fsp3) is 0.462. The highest BCUT2D eigenvalue weighted by Gasteiger charge is 2.30. The lowest BCUT2D eigenvalue weighted by Gasteiger charge is -2.29. The Morgan fingerprint density at radius 2 is 2.12 bits per heavy atom. The van der Waals surface area contributed by atoms with Crippen molar-refractivity contribution >= 4 is 17.6 Å². The van der Waals surface area contributed by atoms with Crippen LogP contribution < -0.4 is 5.32 Å². The number of nitrogens with one attached hydrogen (secondary N) is 1. The third-order valence-corrected chi connectivity index (χ3v) is 3.61. The van der Waals surface area contributed by atoms with Gasteiger partial charge >= 0.3 is 5.97 Å². The molecule has 1 aromatic rings. The summed E-state index contributed by atoms with van der Waals surface area (Å²) in [4.78, 5) is 11.1. The molecule has 1 aromatic carbocycles. The van der Waals surface area contributed by atoms with Gasteiger partial charge in [0, 0.05) is 11.6 Å². The van der Waals surface area contributed by atoms with E-state index in [0.717, 1.165) is 24.9 Å². The molecule has 3 nitrogen and oxygen atoms in total. The van der Waals surface area contributed by atoms with E-state index >= 15 is 0 Å². The van der Waals surface area contributed by atoms with E-state index in [9.17, 15) is 4.79 Å². The van der Waals surface area contributed by atoms with Gasteiger partial charge in [-0.1, -0.05) is 23.7 Å². The van der Waals surface area contributed by atoms with Gasteiger partial charge in [0.2, 0.25) is 0 Å². The minimum Gasteiger partial charge on any atom is -0.481 e. The Morgan fingerprint density at radius 3 is 2.76 bits per heavy atom. The predicted octanol–water partition coefficient (Wildman–Crippen LogP) is 2.19. The van der Waals surface area contributed by atoms with E-state index in [1.807, 2.05) is 24.3 Å². The highest BCUT2D eigenvalue weighted by Crippen LogP contribution is 2.24. The third kappa shape index (κ3) is 3.20. The first kappa shape index (κ1) is 12.4. The molecule has 0 spiro atoms. The van der Waals surface area contributed by atoms with Crippen LogP contribution in [0.5, 0.6) is 0 Å². The second-order valence-corrected chi connectivity index (χ2v) is 4.96. The van der Waals surface area contributed by atoms with Crippen LogP contribution in [0.15, 0.2) is 24.3 Å². The normalized spacial score (nSPS) is 24.5. The third-order valence-electron chi connectivity index (χ3n) is 3.35. The van der Waals surface area contributed by atoms with E-state index in [4.69, 9.17) is 16.7 Å². The van der Waals surface area contributed by atoms with Crippen molar-refractivity contribution < 1.29 is 9.90 Å². The molecule has 1 aliphatic rings. The molecule has 17 heavy (non-hydrogen) atoms. The number of aliphatic carboxylic acids is 1. The Morgan fingerprint density at radius 1 is 1.41 bits per heavy atom. The predicted molar refractivity (Wildman–Crippen MR) is 67.3 cm³/mol. The van der Waals surface area contributed by atoms with Crippen molar-refractivity contribution in [1.29, 1.82) is 0 Å². The summed E-state index contributed by atoms with van der Waals surface area (Å²) in [5.41, 5.74) is 1.16. The van der Waals surface area contributed by atoms with E-state index in [2.05, 4.69) is 5.32 Å². The highest BCUT2D eigenvalue weighted by molar-refractivity contribution is 6.30. The minimum absolute atomic E-state index is 0.218. The number of rotatable bonds is 3. The smallest absolute Gasteiger partial charge is 0.308 e. The van der Waals surface area contributed by atoms with Crippen LogP contribution in [-0.4, -0.2) is 24.2 Å². The number of carboxylic acids is 1. The number of benzene rings is 1. The molecule has 1 fully saturated rings. The molecular weight excluding hydrogens is 238 g/mol. The molecule has 2 N–H and O–H groups in total. The Balaban J connectivity index is 2.05. The number of halogens is 1. The zero-order chi connectivity index (χ0) is 12.3. The lowest BCUT2D eigenvalue weighted by Crippen LogP contribution is -2.41. The Kier molecular flexibility index (Phi) is 4.02. The first-order valence-electron chi connectivity index (χ1n) is 5.85. The average Bonchev–Trinajstić information content (AvgIpc) is 2.32. The highest BCUT2D eigenvalue weighted by atomic mass is 35.5. The quantitative estimate of drug-likeness (QED) is 0.868.